The Bertz CT molecular complexity index is 1380. The lowest BCUT2D eigenvalue weighted by atomic mass is 9.97. The third-order valence-electron chi connectivity index (χ3n) is 7.35. The zero-order chi connectivity index (χ0) is 24.5. The first-order valence-electron chi connectivity index (χ1n) is 12.7. The molecule has 1 fully saturated rings. The van der Waals surface area contributed by atoms with Crippen molar-refractivity contribution in [3.63, 3.8) is 0 Å². The van der Waals surface area contributed by atoms with Crippen LogP contribution in [0.4, 0.5) is 15.9 Å². The summed E-state index contributed by atoms with van der Waals surface area (Å²) < 4.78 is 19.3. The van der Waals surface area contributed by atoms with Crippen molar-refractivity contribution in [3.05, 3.63) is 89.2 Å². The van der Waals surface area contributed by atoms with Crippen LogP contribution < -0.4 is 9.80 Å². The maximum Gasteiger partial charge on any atom is 0.258 e. The minimum Gasteiger partial charge on any atom is -0.353 e. The number of aryl methyl sites for hydroxylation is 1. The van der Waals surface area contributed by atoms with E-state index < -0.39 is 0 Å². The van der Waals surface area contributed by atoms with Crippen molar-refractivity contribution in [2.24, 2.45) is 0 Å². The van der Waals surface area contributed by atoms with Crippen molar-refractivity contribution < 1.29 is 9.18 Å². The molecule has 1 aromatic heterocycles. The van der Waals surface area contributed by atoms with Gasteiger partial charge in [0.1, 0.15) is 11.6 Å². The largest absolute Gasteiger partial charge is 0.353 e. The summed E-state index contributed by atoms with van der Waals surface area (Å²) in [5.41, 5.74) is 4.06. The molecule has 0 spiro atoms. The van der Waals surface area contributed by atoms with Crippen LogP contribution in [-0.4, -0.2) is 54.4 Å². The van der Waals surface area contributed by atoms with E-state index in [0.29, 0.717) is 12.1 Å². The molecule has 0 atom stereocenters. The minimum atomic E-state index is -0.326. The Morgan fingerprint density at radius 3 is 2.58 bits per heavy atom. The van der Waals surface area contributed by atoms with Crippen LogP contribution in [0.2, 0.25) is 0 Å². The summed E-state index contributed by atoms with van der Waals surface area (Å²) in [5, 5.41) is 1.26. The van der Waals surface area contributed by atoms with Crippen LogP contribution in [-0.2, 0) is 12.8 Å². The number of carbonyl (C=O) groups is 1. The molecule has 3 aromatic carbocycles. The van der Waals surface area contributed by atoms with Crippen LogP contribution in [0.5, 0.6) is 0 Å². The lowest BCUT2D eigenvalue weighted by Crippen LogP contribution is -2.47. The zero-order valence-electron chi connectivity index (χ0n) is 20.2. The van der Waals surface area contributed by atoms with Gasteiger partial charge < -0.3 is 9.80 Å². The Kier molecular flexibility index (Phi) is 6.42. The molecule has 2 aliphatic rings. The molecule has 5 nitrogen and oxygen atoms in total. The summed E-state index contributed by atoms with van der Waals surface area (Å²) in [4.78, 5) is 19.9. The summed E-state index contributed by atoms with van der Waals surface area (Å²) in [7, 11) is 0. The van der Waals surface area contributed by atoms with E-state index in [4.69, 9.17) is 4.37 Å². The third-order valence-corrected chi connectivity index (χ3v) is 8.16. The smallest absolute Gasteiger partial charge is 0.258 e. The monoisotopic (exact) mass is 500 g/mol. The molecule has 0 bridgehead atoms. The fourth-order valence-electron chi connectivity index (χ4n) is 5.34. The van der Waals surface area contributed by atoms with Crippen molar-refractivity contribution in [3.8, 4) is 0 Å². The van der Waals surface area contributed by atoms with E-state index in [2.05, 4.69) is 52.3 Å². The summed E-state index contributed by atoms with van der Waals surface area (Å²) in [6.07, 6.45) is 2.92. The number of rotatable bonds is 5. The molecule has 1 saturated heterocycles. The van der Waals surface area contributed by atoms with E-state index in [1.807, 2.05) is 4.90 Å². The van der Waals surface area contributed by atoms with Gasteiger partial charge in [0, 0.05) is 55.9 Å². The maximum atomic E-state index is 13.3. The van der Waals surface area contributed by atoms with Gasteiger partial charge in [0.15, 0.2) is 0 Å². The van der Waals surface area contributed by atoms with Crippen LogP contribution in [0.25, 0.3) is 10.1 Å². The van der Waals surface area contributed by atoms with E-state index in [0.717, 1.165) is 63.5 Å². The molecule has 6 rings (SSSR count). The normalized spacial score (nSPS) is 16.4. The molecule has 0 saturated carbocycles. The molecule has 0 aliphatic carbocycles. The molecule has 1 amide bonds. The quantitative estimate of drug-likeness (QED) is 0.368. The number of nitrogens with zero attached hydrogens (tertiary/aromatic N) is 4. The Hall–Kier alpha value is -3.29. The second-order valence-electron chi connectivity index (χ2n) is 9.61. The molecule has 2 aliphatic heterocycles. The number of carbonyl (C=O) groups excluding carboxylic acids is 1. The summed E-state index contributed by atoms with van der Waals surface area (Å²) in [6.45, 7) is 5.80. The van der Waals surface area contributed by atoms with Crippen molar-refractivity contribution in [1.82, 2.24) is 9.27 Å². The van der Waals surface area contributed by atoms with Crippen molar-refractivity contribution in [2.75, 3.05) is 49.1 Å². The zero-order valence-corrected chi connectivity index (χ0v) is 21.0. The molecule has 0 N–H and O–H groups in total. The van der Waals surface area contributed by atoms with Gasteiger partial charge in [-0.2, -0.15) is 4.37 Å². The van der Waals surface area contributed by atoms with Gasteiger partial charge in [-0.25, -0.2) is 4.39 Å². The Morgan fingerprint density at radius 1 is 0.944 bits per heavy atom. The lowest BCUT2D eigenvalue weighted by Gasteiger charge is -2.35. The molecular weight excluding hydrogens is 471 g/mol. The average molecular weight is 501 g/mol. The Morgan fingerprint density at radius 2 is 1.75 bits per heavy atom. The van der Waals surface area contributed by atoms with Gasteiger partial charge in [-0.3, -0.25) is 9.69 Å². The van der Waals surface area contributed by atoms with Gasteiger partial charge in [0.2, 0.25) is 0 Å². The highest BCUT2D eigenvalue weighted by Crippen LogP contribution is 2.31. The summed E-state index contributed by atoms with van der Waals surface area (Å²) >= 11 is 1.58. The van der Waals surface area contributed by atoms with Gasteiger partial charge in [0.25, 0.3) is 5.91 Å². The topological polar surface area (TPSA) is 39.7 Å². The van der Waals surface area contributed by atoms with E-state index in [9.17, 15) is 9.18 Å². The van der Waals surface area contributed by atoms with E-state index in [1.165, 1.54) is 33.3 Å². The molecule has 36 heavy (non-hydrogen) atoms. The van der Waals surface area contributed by atoms with E-state index in [1.54, 1.807) is 23.7 Å². The highest BCUT2D eigenvalue weighted by molar-refractivity contribution is 7.13. The highest BCUT2D eigenvalue weighted by atomic mass is 32.1. The van der Waals surface area contributed by atoms with Crippen LogP contribution in [0.3, 0.4) is 0 Å². The standard InChI is InChI=1S/C29H29FN4OS/c30-24-10-8-22(9-11-24)29(35)34-14-3-4-23-20-21(7-12-26(23)34)13-15-32-16-18-33(19-17-32)28-25-5-1-2-6-27(25)36-31-28/h1-2,5-12,20H,3-4,13-19H2. The Balaban J connectivity index is 1.07. The van der Waals surface area contributed by atoms with E-state index >= 15 is 0 Å². The fourth-order valence-corrected chi connectivity index (χ4v) is 6.13. The number of fused-ring (bicyclic) bond motifs is 2. The molecule has 7 heteroatoms. The second kappa shape index (κ2) is 9.99. The summed E-state index contributed by atoms with van der Waals surface area (Å²) in [6, 6.07) is 20.8. The predicted octanol–water partition coefficient (Wildman–Crippen LogP) is 5.39. The van der Waals surface area contributed by atoms with Gasteiger partial charge in [-0.05, 0) is 84.4 Å². The highest BCUT2D eigenvalue weighted by Gasteiger charge is 2.24. The molecule has 184 valence electrons. The average Bonchev–Trinajstić information content (AvgIpc) is 3.36. The summed E-state index contributed by atoms with van der Waals surface area (Å²) in [5.74, 6) is 0.743. The number of hydrogen-bond acceptors (Lipinski definition) is 5. The van der Waals surface area contributed by atoms with Crippen LogP contribution >= 0.6 is 11.5 Å². The maximum absolute atomic E-state index is 13.3. The van der Waals surface area contributed by atoms with Gasteiger partial charge >= 0.3 is 0 Å². The number of halogens is 1. The van der Waals surface area contributed by atoms with E-state index in [-0.39, 0.29) is 11.7 Å². The van der Waals surface area contributed by atoms with Crippen molar-refractivity contribution in [1.29, 1.82) is 0 Å². The number of piperazine rings is 1. The number of hydrogen-bond donors (Lipinski definition) is 0. The molecule has 0 unspecified atom stereocenters. The molecule has 3 heterocycles. The molecule has 4 aromatic rings. The van der Waals surface area contributed by atoms with Crippen LogP contribution in [0, 0.1) is 5.82 Å². The fraction of sp³-hybridized carbons (Fsp3) is 0.310. The number of benzene rings is 3. The number of anilines is 2. The van der Waals surface area contributed by atoms with Crippen molar-refractivity contribution in [2.45, 2.75) is 19.3 Å². The molecular formula is C29H29FN4OS. The first-order chi connectivity index (χ1) is 17.7. The Labute approximate surface area is 214 Å². The first-order valence-corrected chi connectivity index (χ1v) is 13.4. The van der Waals surface area contributed by atoms with Gasteiger partial charge in [-0.1, -0.05) is 24.3 Å². The SMILES string of the molecule is O=C(c1ccc(F)cc1)N1CCCc2cc(CCN3CCN(c4nsc5ccccc45)CC3)ccc21. The number of amides is 1. The first kappa shape index (κ1) is 23.1. The van der Waals surface area contributed by atoms with Gasteiger partial charge in [0.05, 0.1) is 4.70 Å². The minimum absolute atomic E-state index is 0.0607. The third kappa shape index (κ3) is 4.61. The molecule has 0 radical (unpaired) electrons. The second-order valence-corrected chi connectivity index (χ2v) is 10.4. The van der Waals surface area contributed by atoms with Crippen LogP contribution in [0.15, 0.2) is 66.7 Å². The lowest BCUT2D eigenvalue weighted by molar-refractivity contribution is 0.0985. The van der Waals surface area contributed by atoms with Crippen LogP contribution in [0.1, 0.15) is 27.9 Å². The van der Waals surface area contributed by atoms with Crippen molar-refractivity contribution >= 4 is 39.0 Å². The number of aromatic nitrogens is 1. The predicted molar refractivity (Wildman–Crippen MR) is 145 cm³/mol. The van der Waals surface area contributed by atoms with Gasteiger partial charge in [-0.15, -0.1) is 0 Å².